The van der Waals surface area contributed by atoms with E-state index >= 15 is 0 Å². The van der Waals surface area contributed by atoms with Gasteiger partial charge in [-0.2, -0.15) is 0 Å². The molecule has 2 heteroatoms. The van der Waals surface area contributed by atoms with Gasteiger partial charge in [-0.05, 0) is 28.5 Å². The molecule has 0 aliphatic heterocycles. The highest BCUT2D eigenvalue weighted by atomic mass is 16.5. The first-order valence-electron chi connectivity index (χ1n) is 4.61. The summed E-state index contributed by atoms with van der Waals surface area (Å²) < 4.78 is 5.16. The second kappa shape index (κ2) is 3.68. The second-order valence-electron chi connectivity index (χ2n) is 3.21. The quantitative estimate of drug-likeness (QED) is 0.783. The average Bonchev–Trinajstić information content (AvgIpc) is 2.27. The second-order valence-corrected chi connectivity index (χ2v) is 3.21. The van der Waals surface area contributed by atoms with Crippen molar-refractivity contribution in [1.82, 2.24) is 0 Å². The number of ether oxygens (including phenoxy) is 1. The lowest BCUT2D eigenvalue weighted by Crippen LogP contribution is -1.96. The molecule has 0 aliphatic rings. The van der Waals surface area contributed by atoms with E-state index in [1.807, 2.05) is 18.2 Å². The van der Waals surface area contributed by atoms with Gasteiger partial charge in [0.2, 0.25) is 0 Å². The Bertz CT molecular complexity index is 451. The fourth-order valence-corrected chi connectivity index (χ4v) is 1.63. The van der Waals surface area contributed by atoms with E-state index in [0.29, 0.717) is 6.54 Å². The molecular formula is C12H13NO. The maximum absolute atomic E-state index is 5.66. The Kier molecular flexibility index (Phi) is 2.37. The van der Waals surface area contributed by atoms with Gasteiger partial charge >= 0.3 is 0 Å². The van der Waals surface area contributed by atoms with Gasteiger partial charge in [0.05, 0.1) is 7.11 Å². The highest BCUT2D eigenvalue weighted by molar-refractivity contribution is 5.86. The Balaban J connectivity index is 2.67. The van der Waals surface area contributed by atoms with Crippen LogP contribution >= 0.6 is 0 Å². The summed E-state index contributed by atoms with van der Waals surface area (Å²) in [6.45, 7) is 0.573. The van der Waals surface area contributed by atoms with E-state index in [9.17, 15) is 0 Å². The Morgan fingerprint density at radius 3 is 2.79 bits per heavy atom. The standard InChI is InChI=1S/C12H13NO/c1-14-11-5-6-12-9(7-11)3-2-4-10(12)8-13/h2-7H,8,13H2,1H3. The highest BCUT2D eigenvalue weighted by Crippen LogP contribution is 2.23. The zero-order valence-corrected chi connectivity index (χ0v) is 8.16. The van der Waals surface area contributed by atoms with Gasteiger partial charge in [-0.1, -0.05) is 24.3 Å². The van der Waals surface area contributed by atoms with Crippen LogP contribution < -0.4 is 10.5 Å². The van der Waals surface area contributed by atoms with Crippen LogP contribution in [0.25, 0.3) is 10.8 Å². The number of nitrogens with two attached hydrogens (primary N) is 1. The van der Waals surface area contributed by atoms with E-state index in [4.69, 9.17) is 10.5 Å². The van der Waals surface area contributed by atoms with Crippen molar-refractivity contribution in [3.63, 3.8) is 0 Å². The molecule has 0 bridgehead atoms. The van der Waals surface area contributed by atoms with Crippen LogP contribution in [0.15, 0.2) is 36.4 Å². The van der Waals surface area contributed by atoms with Crippen molar-refractivity contribution in [3.8, 4) is 5.75 Å². The van der Waals surface area contributed by atoms with Crippen LogP contribution in [0.1, 0.15) is 5.56 Å². The molecule has 0 aromatic heterocycles. The van der Waals surface area contributed by atoms with Crippen molar-refractivity contribution in [2.45, 2.75) is 6.54 Å². The maximum Gasteiger partial charge on any atom is 0.119 e. The Morgan fingerprint density at radius 1 is 1.21 bits per heavy atom. The number of methoxy groups -OCH3 is 1. The van der Waals surface area contributed by atoms with Crippen molar-refractivity contribution < 1.29 is 4.74 Å². The summed E-state index contributed by atoms with van der Waals surface area (Å²) in [6.07, 6.45) is 0. The van der Waals surface area contributed by atoms with Crippen molar-refractivity contribution >= 4 is 10.8 Å². The van der Waals surface area contributed by atoms with Gasteiger partial charge in [0, 0.05) is 6.54 Å². The molecule has 2 rings (SSSR count). The number of hydrogen-bond donors (Lipinski definition) is 1. The molecule has 72 valence electrons. The Labute approximate surface area is 83.3 Å². The molecule has 2 aromatic rings. The number of hydrogen-bond acceptors (Lipinski definition) is 2. The fraction of sp³-hybridized carbons (Fsp3) is 0.167. The maximum atomic E-state index is 5.66. The SMILES string of the molecule is COc1ccc2c(CN)cccc2c1. The van der Waals surface area contributed by atoms with Gasteiger partial charge < -0.3 is 10.5 Å². The largest absolute Gasteiger partial charge is 0.497 e. The molecule has 0 spiro atoms. The molecule has 0 atom stereocenters. The predicted molar refractivity (Wildman–Crippen MR) is 58.4 cm³/mol. The Hall–Kier alpha value is -1.54. The van der Waals surface area contributed by atoms with E-state index in [1.165, 1.54) is 16.3 Å². The van der Waals surface area contributed by atoms with Gasteiger partial charge in [0.15, 0.2) is 0 Å². The minimum absolute atomic E-state index is 0.573. The van der Waals surface area contributed by atoms with E-state index in [-0.39, 0.29) is 0 Å². The fourth-order valence-electron chi connectivity index (χ4n) is 1.63. The van der Waals surface area contributed by atoms with Crippen LogP contribution in [0.5, 0.6) is 5.75 Å². The zero-order valence-electron chi connectivity index (χ0n) is 8.16. The molecule has 0 unspecified atom stereocenters. The van der Waals surface area contributed by atoms with E-state index in [0.717, 1.165) is 5.75 Å². The molecule has 0 heterocycles. The molecule has 14 heavy (non-hydrogen) atoms. The normalized spacial score (nSPS) is 10.4. The van der Waals surface area contributed by atoms with Gasteiger partial charge in [-0.15, -0.1) is 0 Å². The molecule has 0 saturated heterocycles. The summed E-state index contributed by atoms with van der Waals surface area (Å²) in [5.41, 5.74) is 6.83. The van der Waals surface area contributed by atoms with Crippen LogP contribution in [-0.4, -0.2) is 7.11 Å². The van der Waals surface area contributed by atoms with Crippen LogP contribution in [0.2, 0.25) is 0 Å². The zero-order chi connectivity index (χ0) is 9.97. The Morgan fingerprint density at radius 2 is 2.07 bits per heavy atom. The number of fused-ring (bicyclic) bond motifs is 1. The van der Waals surface area contributed by atoms with Crippen LogP contribution in [0, 0.1) is 0 Å². The van der Waals surface area contributed by atoms with Crippen molar-refractivity contribution in [1.29, 1.82) is 0 Å². The highest BCUT2D eigenvalue weighted by Gasteiger charge is 1.99. The number of rotatable bonds is 2. The van der Waals surface area contributed by atoms with Crippen molar-refractivity contribution in [3.05, 3.63) is 42.0 Å². The van der Waals surface area contributed by atoms with Crippen LogP contribution in [0.4, 0.5) is 0 Å². The van der Waals surface area contributed by atoms with Gasteiger partial charge in [0.1, 0.15) is 5.75 Å². The third kappa shape index (κ3) is 1.44. The van der Waals surface area contributed by atoms with Crippen molar-refractivity contribution in [2.75, 3.05) is 7.11 Å². The predicted octanol–water partition coefficient (Wildman–Crippen LogP) is 2.31. The lowest BCUT2D eigenvalue weighted by atomic mass is 10.0. The van der Waals surface area contributed by atoms with Gasteiger partial charge in [-0.25, -0.2) is 0 Å². The molecule has 0 radical (unpaired) electrons. The van der Waals surface area contributed by atoms with Gasteiger partial charge in [-0.3, -0.25) is 0 Å². The molecule has 2 N–H and O–H groups in total. The summed E-state index contributed by atoms with van der Waals surface area (Å²) in [4.78, 5) is 0. The van der Waals surface area contributed by atoms with Crippen molar-refractivity contribution in [2.24, 2.45) is 5.73 Å². The third-order valence-electron chi connectivity index (χ3n) is 2.40. The lowest BCUT2D eigenvalue weighted by molar-refractivity contribution is 0.415. The minimum Gasteiger partial charge on any atom is -0.497 e. The van der Waals surface area contributed by atoms with E-state index in [1.54, 1.807) is 7.11 Å². The molecular weight excluding hydrogens is 174 g/mol. The summed E-state index contributed by atoms with van der Waals surface area (Å²) in [6, 6.07) is 12.2. The van der Waals surface area contributed by atoms with E-state index in [2.05, 4.69) is 18.2 Å². The van der Waals surface area contributed by atoms with Crippen LogP contribution in [-0.2, 0) is 6.54 Å². The first-order valence-corrected chi connectivity index (χ1v) is 4.61. The third-order valence-corrected chi connectivity index (χ3v) is 2.40. The molecule has 2 nitrogen and oxygen atoms in total. The summed E-state index contributed by atoms with van der Waals surface area (Å²) in [5, 5.41) is 2.38. The summed E-state index contributed by atoms with van der Waals surface area (Å²) in [7, 11) is 1.67. The molecule has 0 saturated carbocycles. The van der Waals surface area contributed by atoms with Crippen LogP contribution in [0.3, 0.4) is 0 Å². The van der Waals surface area contributed by atoms with Gasteiger partial charge in [0.25, 0.3) is 0 Å². The topological polar surface area (TPSA) is 35.2 Å². The lowest BCUT2D eigenvalue weighted by Gasteiger charge is -2.05. The molecule has 0 amide bonds. The smallest absolute Gasteiger partial charge is 0.119 e. The summed E-state index contributed by atoms with van der Waals surface area (Å²) in [5.74, 6) is 0.881. The minimum atomic E-state index is 0.573. The first-order chi connectivity index (χ1) is 6.85. The monoisotopic (exact) mass is 187 g/mol. The van der Waals surface area contributed by atoms with E-state index < -0.39 is 0 Å². The molecule has 0 aliphatic carbocycles. The first kappa shape index (κ1) is 9.03. The number of benzene rings is 2. The summed E-state index contributed by atoms with van der Waals surface area (Å²) >= 11 is 0. The molecule has 0 fully saturated rings. The molecule has 2 aromatic carbocycles. The average molecular weight is 187 g/mol.